The van der Waals surface area contributed by atoms with Crippen LogP contribution >= 0.6 is 0 Å². The van der Waals surface area contributed by atoms with E-state index in [1.54, 1.807) is 6.07 Å². The lowest BCUT2D eigenvalue weighted by atomic mass is 9.99. The molecule has 2 aromatic rings. The molecule has 1 N–H and O–H groups in total. The summed E-state index contributed by atoms with van der Waals surface area (Å²) in [4.78, 5) is 1.85. The van der Waals surface area contributed by atoms with Gasteiger partial charge in [0.25, 0.3) is 0 Å². The molecular weight excluding hydrogens is 372 g/mol. The summed E-state index contributed by atoms with van der Waals surface area (Å²) >= 11 is 0. The van der Waals surface area contributed by atoms with Gasteiger partial charge in [0.2, 0.25) is 10.0 Å². The lowest BCUT2D eigenvalue weighted by Crippen LogP contribution is -3.11. The van der Waals surface area contributed by atoms with E-state index in [1.807, 2.05) is 24.3 Å². The van der Waals surface area contributed by atoms with E-state index in [2.05, 4.69) is 30.3 Å². The number of nitrogens with one attached hydrogen (secondary N) is 1. The molecule has 5 nitrogen and oxygen atoms in total. The van der Waals surface area contributed by atoms with E-state index in [0.717, 1.165) is 31.6 Å². The molecule has 1 fully saturated rings. The monoisotopic (exact) mass is 399 g/mol. The van der Waals surface area contributed by atoms with Gasteiger partial charge < -0.3 is 9.64 Å². The Kier molecular flexibility index (Phi) is 5.92. The number of benzene rings is 2. The Bertz CT molecular complexity index is 935. The van der Waals surface area contributed by atoms with E-state index in [1.165, 1.54) is 20.3 Å². The van der Waals surface area contributed by atoms with Crippen molar-refractivity contribution >= 4 is 15.6 Å². The quantitative estimate of drug-likeness (QED) is 0.831. The molecule has 0 saturated carbocycles. The summed E-state index contributed by atoms with van der Waals surface area (Å²) in [7, 11) is -3.44. The summed E-state index contributed by atoms with van der Waals surface area (Å²) in [5.74, 6) is 0. The highest BCUT2D eigenvalue weighted by Gasteiger charge is 2.26. The van der Waals surface area contributed by atoms with Crippen molar-refractivity contribution in [3.8, 4) is 0 Å². The molecule has 0 radical (unpaired) electrons. The number of morpholine rings is 1. The first-order valence-electron chi connectivity index (χ1n) is 9.88. The molecule has 0 aromatic heterocycles. The first-order chi connectivity index (χ1) is 13.6. The van der Waals surface area contributed by atoms with Gasteiger partial charge in [0.15, 0.2) is 0 Å². The van der Waals surface area contributed by atoms with E-state index < -0.39 is 10.0 Å². The van der Waals surface area contributed by atoms with Gasteiger partial charge in [-0.15, -0.1) is 0 Å². The fourth-order valence-electron chi connectivity index (χ4n) is 3.90. The summed E-state index contributed by atoms with van der Waals surface area (Å²) in [6.45, 7) is 4.64. The summed E-state index contributed by atoms with van der Waals surface area (Å²) in [6, 6.07) is 18.0. The lowest BCUT2D eigenvalue weighted by molar-refractivity contribution is -0.908. The average molecular weight is 400 g/mol. The Morgan fingerprint density at radius 1 is 1.00 bits per heavy atom. The molecule has 2 aromatic carbocycles. The van der Waals surface area contributed by atoms with Crippen LogP contribution in [-0.4, -0.2) is 52.1 Å². The second-order valence-electron chi connectivity index (χ2n) is 7.39. The molecule has 0 aliphatic carbocycles. The van der Waals surface area contributed by atoms with Crippen LogP contribution in [0.25, 0.3) is 5.57 Å². The van der Waals surface area contributed by atoms with E-state index in [-0.39, 0.29) is 0 Å². The van der Waals surface area contributed by atoms with Crippen molar-refractivity contribution in [3.63, 3.8) is 0 Å². The van der Waals surface area contributed by atoms with Crippen molar-refractivity contribution in [1.29, 1.82) is 0 Å². The summed E-state index contributed by atoms with van der Waals surface area (Å²) in [5, 5.41) is 0. The molecule has 6 heteroatoms. The zero-order valence-corrected chi connectivity index (χ0v) is 16.8. The fraction of sp³-hybridized carbons (Fsp3) is 0.364. The average Bonchev–Trinajstić information content (AvgIpc) is 2.76. The lowest BCUT2D eigenvalue weighted by Gasteiger charge is -2.26. The Morgan fingerprint density at radius 3 is 2.50 bits per heavy atom. The topological polar surface area (TPSA) is 51.0 Å². The van der Waals surface area contributed by atoms with Gasteiger partial charge in [-0.1, -0.05) is 42.5 Å². The van der Waals surface area contributed by atoms with Gasteiger partial charge in [-0.25, -0.2) is 8.42 Å². The van der Waals surface area contributed by atoms with Gasteiger partial charge >= 0.3 is 0 Å². The fourth-order valence-corrected chi connectivity index (χ4v) is 5.38. The number of rotatable bonds is 5. The highest BCUT2D eigenvalue weighted by atomic mass is 32.2. The maximum Gasteiger partial charge on any atom is 0.243 e. The van der Waals surface area contributed by atoms with Gasteiger partial charge in [-0.3, -0.25) is 0 Å². The molecule has 148 valence electrons. The first-order valence-corrected chi connectivity index (χ1v) is 11.3. The number of quaternary nitrogens is 1. The highest BCUT2D eigenvalue weighted by molar-refractivity contribution is 7.89. The second-order valence-corrected chi connectivity index (χ2v) is 9.33. The molecule has 0 spiro atoms. The largest absolute Gasteiger partial charge is 0.379 e. The van der Waals surface area contributed by atoms with Crippen molar-refractivity contribution in [1.82, 2.24) is 4.31 Å². The Hall–Kier alpha value is -1.99. The van der Waals surface area contributed by atoms with E-state index in [4.69, 9.17) is 4.74 Å². The predicted octanol–water partition coefficient (Wildman–Crippen LogP) is 1.58. The smallest absolute Gasteiger partial charge is 0.243 e. The van der Waals surface area contributed by atoms with Crippen molar-refractivity contribution in [3.05, 3.63) is 71.8 Å². The molecule has 4 rings (SSSR count). The molecule has 2 aliphatic rings. The summed E-state index contributed by atoms with van der Waals surface area (Å²) in [6.07, 6.45) is 3.37. The number of sulfonamides is 1. The van der Waals surface area contributed by atoms with Crippen LogP contribution in [0.15, 0.2) is 65.6 Å². The number of nitrogens with zero attached hydrogens (tertiary/aromatic N) is 1. The Balaban J connectivity index is 1.44. The van der Waals surface area contributed by atoms with Crippen LogP contribution < -0.4 is 4.90 Å². The molecule has 2 aliphatic heterocycles. The third-order valence-electron chi connectivity index (χ3n) is 5.49. The molecule has 2 heterocycles. The predicted molar refractivity (Wildman–Crippen MR) is 109 cm³/mol. The van der Waals surface area contributed by atoms with Crippen LogP contribution in [0, 0.1) is 0 Å². The molecule has 0 amide bonds. The maximum atomic E-state index is 12.9. The van der Waals surface area contributed by atoms with E-state index >= 15 is 0 Å². The van der Waals surface area contributed by atoms with Crippen LogP contribution in [0.1, 0.15) is 17.5 Å². The van der Waals surface area contributed by atoms with Crippen molar-refractivity contribution in [2.75, 3.05) is 39.4 Å². The number of hydrogen-bond acceptors (Lipinski definition) is 3. The van der Waals surface area contributed by atoms with Crippen LogP contribution in [0.2, 0.25) is 0 Å². The van der Waals surface area contributed by atoms with Crippen LogP contribution in [0.4, 0.5) is 0 Å². The van der Waals surface area contributed by atoms with Crippen LogP contribution in [-0.2, 0) is 21.3 Å². The molecule has 0 bridgehead atoms. The second kappa shape index (κ2) is 8.57. The van der Waals surface area contributed by atoms with Crippen LogP contribution in [0.5, 0.6) is 0 Å². The molecule has 1 unspecified atom stereocenters. The third-order valence-corrected chi connectivity index (χ3v) is 7.38. The molecule has 1 saturated heterocycles. The minimum Gasteiger partial charge on any atom is -0.379 e. The van der Waals surface area contributed by atoms with Gasteiger partial charge in [-0.2, -0.15) is 4.31 Å². The standard InChI is InChI=1S/C22H26N2O3S/c25-28(26,24-13-15-27-16-14-24)22-8-4-5-19(17-22)18-23-11-9-21(10-12-23)20-6-2-1-3-7-20/h1-9,17H,10-16,18H2/p+1. The van der Waals surface area contributed by atoms with Crippen LogP contribution in [0.3, 0.4) is 0 Å². The summed E-state index contributed by atoms with van der Waals surface area (Å²) in [5.41, 5.74) is 3.79. The van der Waals surface area contributed by atoms with E-state index in [9.17, 15) is 8.42 Å². The Morgan fingerprint density at radius 2 is 1.79 bits per heavy atom. The number of ether oxygens (including phenoxy) is 1. The van der Waals surface area contributed by atoms with Gasteiger partial charge in [-0.05, 0) is 29.3 Å². The minimum atomic E-state index is -3.44. The first kappa shape index (κ1) is 19.3. The minimum absolute atomic E-state index is 0.392. The maximum absolute atomic E-state index is 12.9. The Labute approximate surface area is 167 Å². The molecular formula is C22H27N2O3S+. The SMILES string of the molecule is O=S(=O)(c1cccc(C[NH+]2CC=C(c3ccccc3)CC2)c1)N1CCOCC1. The van der Waals surface area contributed by atoms with E-state index in [0.29, 0.717) is 31.2 Å². The van der Waals surface area contributed by atoms with Crippen molar-refractivity contribution < 1.29 is 18.1 Å². The highest BCUT2D eigenvalue weighted by Crippen LogP contribution is 2.19. The third kappa shape index (κ3) is 4.36. The van der Waals surface area contributed by atoms with Gasteiger partial charge in [0, 0.05) is 25.1 Å². The number of hydrogen-bond donors (Lipinski definition) is 1. The molecule has 1 atom stereocenters. The molecule has 28 heavy (non-hydrogen) atoms. The van der Waals surface area contributed by atoms with Gasteiger partial charge in [0.1, 0.15) is 6.54 Å². The van der Waals surface area contributed by atoms with Gasteiger partial charge in [0.05, 0.1) is 31.2 Å². The zero-order chi connectivity index (χ0) is 19.4. The van der Waals surface area contributed by atoms with Crippen molar-refractivity contribution in [2.24, 2.45) is 0 Å². The zero-order valence-electron chi connectivity index (χ0n) is 16.0. The normalized spacial score (nSPS) is 21.3. The van der Waals surface area contributed by atoms with Crippen molar-refractivity contribution in [2.45, 2.75) is 17.9 Å². The summed E-state index contributed by atoms with van der Waals surface area (Å²) < 4.78 is 32.6.